The van der Waals surface area contributed by atoms with Crippen LogP contribution in [0.1, 0.15) is 38.7 Å². The molecule has 1 aromatic heterocycles. The normalized spacial score (nSPS) is 17.4. The molecule has 4 heteroatoms. The van der Waals surface area contributed by atoms with Crippen molar-refractivity contribution in [3.8, 4) is 0 Å². The number of rotatable bonds is 5. The van der Waals surface area contributed by atoms with Crippen LogP contribution < -0.4 is 10.4 Å². The van der Waals surface area contributed by atoms with E-state index in [0.717, 1.165) is 42.5 Å². The van der Waals surface area contributed by atoms with E-state index in [0.29, 0.717) is 0 Å². The quantitative estimate of drug-likeness (QED) is 0.837. The maximum absolute atomic E-state index is 5.01. The predicted molar refractivity (Wildman–Crippen MR) is 83.3 cm³/mol. The average Bonchev–Trinajstić information content (AvgIpc) is 2.48. The molecule has 0 spiro atoms. The zero-order valence-electron chi connectivity index (χ0n) is 12.7. The highest BCUT2D eigenvalue weighted by Gasteiger charge is 2.16. The Labute approximate surface area is 121 Å². The highest BCUT2D eigenvalue weighted by atomic mass is 16.6. The lowest BCUT2D eigenvalue weighted by Gasteiger charge is -2.31. The molecular formula is C16H25N3O. The van der Waals surface area contributed by atoms with Crippen LogP contribution in [-0.4, -0.2) is 25.2 Å². The van der Waals surface area contributed by atoms with Gasteiger partial charge in [-0.1, -0.05) is 19.9 Å². The second-order valence-corrected chi connectivity index (χ2v) is 5.41. The Morgan fingerprint density at radius 2 is 2.20 bits per heavy atom. The molecule has 0 unspecified atom stereocenters. The van der Waals surface area contributed by atoms with Gasteiger partial charge in [-0.3, -0.25) is 10.3 Å². The molecule has 0 bridgehead atoms. The summed E-state index contributed by atoms with van der Waals surface area (Å²) >= 11 is 0. The number of allylic oxidation sites excluding steroid dienone is 1. The first kappa shape index (κ1) is 14.9. The van der Waals surface area contributed by atoms with Gasteiger partial charge in [-0.05, 0) is 37.3 Å². The first-order valence-corrected chi connectivity index (χ1v) is 7.45. The Kier molecular flexibility index (Phi) is 5.41. The molecule has 0 atom stereocenters. The molecule has 0 amide bonds. The fourth-order valence-electron chi connectivity index (χ4n) is 2.50. The van der Waals surface area contributed by atoms with E-state index >= 15 is 0 Å². The molecule has 1 aliphatic heterocycles. The molecule has 1 N–H and O–H groups in total. The third-order valence-electron chi connectivity index (χ3n) is 3.79. The van der Waals surface area contributed by atoms with E-state index in [1.165, 1.54) is 12.8 Å². The van der Waals surface area contributed by atoms with E-state index in [2.05, 4.69) is 47.4 Å². The fraction of sp³-hybridized carbons (Fsp3) is 0.562. The van der Waals surface area contributed by atoms with Gasteiger partial charge in [-0.25, -0.2) is 4.98 Å². The molecule has 1 saturated heterocycles. The third-order valence-corrected chi connectivity index (χ3v) is 3.79. The second kappa shape index (κ2) is 7.29. The van der Waals surface area contributed by atoms with Crippen LogP contribution in [0.3, 0.4) is 0 Å². The van der Waals surface area contributed by atoms with Gasteiger partial charge in [-0.2, -0.15) is 0 Å². The molecule has 0 aliphatic carbocycles. The van der Waals surface area contributed by atoms with Gasteiger partial charge in [0.15, 0.2) is 0 Å². The van der Waals surface area contributed by atoms with Gasteiger partial charge >= 0.3 is 0 Å². The van der Waals surface area contributed by atoms with Crippen molar-refractivity contribution in [2.45, 2.75) is 33.1 Å². The monoisotopic (exact) mass is 275 g/mol. The Balaban J connectivity index is 2.07. The Morgan fingerprint density at radius 3 is 2.75 bits per heavy atom. The second-order valence-electron chi connectivity index (χ2n) is 5.41. The van der Waals surface area contributed by atoms with E-state index in [9.17, 15) is 0 Å². The topological polar surface area (TPSA) is 37.4 Å². The highest BCUT2D eigenvalue weighted by Crippen LogP contribution is 2.22. The van der Waals surface area contributed by atoms with Crippen LogP contribution in [0.25, 0.3) is 5.70 Å². The first-order chi connectivity index (χ1) is 9.74. The number of hydrogen-bond acceptors (Lipinski definition) is 4. The van der Waals surface area contributed by atoms with Gasteiger partial charge in [0.25, 0.3) is 0 Å². The van der Waals surface area contributed by atoms with E-state index in [4.69, 9.17) is 4.84 Å². The minimum Gasteiger partial charge on any atom is -0.357 e. The van der Waals surface area contributed by atoms with Crippen molar-refractivity contribution in [2.24, 2.45) is 5.92 Å². The number of pyridine rings is 1. The van der Waals surface area contributed by atoms with Crippen molar-refractivity contribution < 1.29 is 4.84 Å². The molecular weight excluding hydrogens is 250 g/mol. The zero-order valence-corrected chi connectivity index (χ0v) is 12.7. The largest absolute Gasteiger partial charge is 0.357 e. The van der Waals surface area contributed by atoms with Crippen LogP contribution in [0.2, 0.25) is 0 Å². The van der Waals surface area contributed by atoms with Crippen molar-refractivity contribution in [3.05, 3.63) is 30.0 Å². The summed E-state index contributed by atoms with van der Waals surface area (Å²) in [4.78, 5) is 12.0. The minimum absolute atomic E-state index is 0.843. The average molecular weight is 275 g/mol. The lowest BCUT2D eigenvalue weighted by Crippen LogP contribution is -2.33. The SMILES string of the molecule is CC/C=C(\NOC)c1ccc(N2CCC(C)CC2)nc1. The summed E-state index contributed by atoms with van der Waals surface area (Å²) in [5.41, 5.74) is 4.94. The standard InChI is InChI=1S/C16H25N3O/c1-4-5-15(18-20-3)14-6-7-16(17-12-14)19-10-8-13(2)9-11-19/h5-7,12-13,18H,4,8-11H2,1-3H3/b15-5-. The van der Waals surface area contributed by atoms with E-state index in [-0.39, 0.29) is 0 Å². The van der Waals surface area contributed by atoms with Crippen molar-refractivity contribution in [1.82, 2.24) is 10.5 Å². The molecule has 1 aromatic rings. The summed E-state index contributed by atoms with van der Waals surface area (Å²) in [6.45, 7) is 6.66. The Morgan fingerprint density at radius 1 is 1.45 bits per heavy atom. The van der Waals surface area contributed by atoms with Crippen LogP contribution in [-0.2, 0) is 4.84 Å². The summed E-state index contributed by atoms with van der Waals surface area (Å²) in [7, 11) is 1.63. The smallest absolute Gasteiger partial charge is 0.128 e. The molecule has 110 valence electrons. The maximum Gasteiger partial charge on any atom is 0.128 e. The molecule has 20 heavy (non-hydrogen) atoms. The van der Waals surface area contributed by atoms with Crippen LogP contribution >= 0.6 is 0 Å². The van der Waals surface area contributed by atoms with Gasteiger partial charge in [0.1, 0.15) is 5.82 Å². The first-order valence-electron chi connectivity index (χ1n) is 7.45. The van der Waals surface area contributed by atoms with Crippen LogP contribution in [0.15, 0.2) is 24.4 Å². The number of nitrogens with one attached hydrogen (secondary N) is 1. The molecule has 1 fully saturated rings. The molecule has 0 radical (unpaired) electrons. The minimum atomic E-state index is 0.843. The highest BCUT2D eigenvalue weighted by molar-refractivity contribution is 5.63. The molecule has 1 aliphatic rings. The number of hydroxylamine groups is 1. The van der Waals surface area contributed by atoms with Crippen molar-refractivity contribution >= 4 is 11.5 Å². The van der Waals surface area contributed by atoms with Crippen molar-refractivity contribution in [2.75, 3.05) is 25.1 Å². The van der Waals surface area contributed by atoms with Gasteiger partial charge in [-0.15, -0.1) is 0 Å². The van der Waals surface area contributed by atoms with E-state index < -0.39 is 0 Å². The van der Waals surface area contributed by atoms with E-state index in [1.807, 2.05) is 6.20 Å². The van der Waals surface area contributed by atoms with Crippen LogP contribution in [0, 0.1) is 5.92 Å². The number of anilines is 1. The molecule has 0 saturated carbocycles. The van der Waals surface area contributed by atoms with E-state index in [1.54, 1.807) is 7.11 Å². The lowest BCUT2D eigenvalue weighted by molar-refractivity contribution is 0.136. The van der Waals surface area contributed by atoms with Crippen molar-refractivity contribution in [1.29, 1.82) is 0 Å². The zero-order chi connectivity index (χ0) is 14.4. The van der Waals surface area contributed by atoms with Crippen molar-refractivity contribution in [3.63, 3.8) is 0 Å². The molecule has 2 heterocycles. The fourth-order valence-corrected chi connectivity index (χ4v) is 2.50. The number of nitrogens with zero attached hydrogens (tertiary/aromatic N) is 2. The van der Waals surface area contributed by atoms with Gasteiger partial charge in [0.2, 0.25) is 0 Å². The number of aromatic nitrogens is 1. The molecule has 4 nitrogen and oxygen atoms in total. The van der Waals surface area contributed by atoms with Gasteiger partial charge in [0, 0.05) is 24.8 Å². The molecule has 0 aromatic carbocycles. The van der Waals surface area contributed by atoms with Gasteiger partial charge < -0.3 is 4.90 Å². The predicted octanol–water partition coefficient (Wildman–Crippen LogP) is 3.22. The Hall–Kier alpha value is -1.55. The van der Waals surface area contributed by atoms with Gasteiger partial charge in [0.05, 0.1) is 12.8 Å². The summed E-state index contributed by atoms with van der Waals surface area (Å²) in [5.74, 6) is 1.92. The van der Waals surface area contributed by atoms with Crippen LogP contribution in [0.5, 0.6) is 0 Å². The van der Waals surface area contributed by atoms with Crippen LogP contribution in [0.4, 0.5) is 5.82 Å². The number of piperidine rings is 1. The Bertz CT molecular complexity index is 434. The lowest BCUT2D eigenvalue weighted by atomic mass is 9.99. The summed E-state index contributed by atoms with van der Waals surface area (Å²) in [6.07, 6.45) is 7.49. The third kappa shape index (κ3) is 3.73. The number of hydrogen-bond donors (Lipinski definition) is 1. The molecule has 2 rings (SSSR count). The maximum atomic E-state index is 5.01. The summed E-state index contributed by atoms with van der Waals surface area (Å²) in [5, 5.41) is 0. The summed E-state index contributed by atoms with van der Waals surface area (Å²) in [6, 6.07) is 4.21. The summed E-state index contributed by atoms with van der Waals surface area (Å²) < 4.78 is 0.